The van der Waals surface area contributed by atoms with Gasteiger partial charge in [0.05, 0.1) is 28.5 Å². The minimum atomic E-state index is -0.807. The number of carboxylic acids is 1. The summed E-state index contributed by atoms with van der Waals surface area (Å²) in [6, 6.07) is 21.1. The van der Waals surface area contributed by atoms with Crippen molar-refractivity contribution in [2.45, 2.75) is 51.0 Å². The molecule has 0 radical (unpaired) electrons. The van der Waals surface area contributed by atoms with E-state index in [-0.39, 0.29) is 18.4 Å². The van der Waals surface area contributed by atoms with Gasteiger partial charge in [-0.1, -0.05) is 48.0 Å². The topological polar surface area (TPSA) is 92.2 Å². The van der Waals surface area contributed by atoms with Gasteiger partial charge in [0.1, 0.15) is 0 Å². The lowest BCUT2D eigenvalue weighted by Crippen LogP contribution is -2.31. The molecule has 1 heterocycles. The van der Waals surface area contributed by atoms with E-state index in [9.17, 15) is 9.59 Å². The number of nitrogens with one attached hydrogen (secondary N) is 1. The number of aliphatic carboxylic acids is 1. The Labute approximate surface area is 220 Å². The molecule has 1 aliphatic rings. The fraction of sp³-hybridized carbons (Fsp3) is 0.267. The van der Waals surface area contributed by atoms with Crippen LogP contribution in [0.3, 0.4) is 0 Å². The van der Waals surface area contributed by atoms with Gasteiger partial charge in [0, 0.05) is 22.6 Å². The zero-order chi connectivity index (χ0) is 25.8. The van der Waals surface area contributed by atoms with Crippen molar-refractivity contribution in [2.75, 3.05) is 0 Å². The Kier molecular flexibility index (Phi) is 7.47. The van der Waals surface area contributed by atoms with Crippen molar-refractivity contribution in [3.63, 3.8) is 0 Å². The average Bonchev–Trinajstić information content (AvgIpc) is 2.91. The van der Waals surface area contributed by atoms with Crippen LogP contribution in [-0.4, -0.2) is 27.0 Å². The third kappa shape index (κ3) is 5.81. The molecule has 0 aliphatic heterocycles. The number of halogens is 1. The highest BCUT2D eigenvalue weighted by molar-refractivity contribution is 6.30. The van der Waals surface area contributed by atoms with Crippen molar-refractivity contribution in [1.82, 2.24) is 15.3 Å². The van der Waals surface area contributed by atoms with E-state index in [4.69, 9.17) is 26.7 Å². The van der Waals surface area contributed by atoms with Gasteiger partial charge in [-0.3, -0.25) is 9.59 Å². The zero-order valence-corrected chi connectivity index (χ0v) is 21.2. The predicted molar refractivity (Wildman–Crippen MR) is 145 cm³/mol. The Bertz CT molecular complexity index is 1450. The van der Waals surface area contributed by atoms with Crippen LogP contribution >= 0.6 is 11.6 Å². The van der Waals surface area contributed by atoms with Crippen molar-refractivity contribution in [2.24, 2.45) is 0 Å². The van der Waals surface area contributed by atoms with Crippen molar-refractivity contribution in [3.05, 3.63) is 94.1 Å². The molecular formula is C30H28ClN3O3. The van der Waals surface area contributed by atoms with Gasteiger partial charge in [-0.2, -0.15) is 0 Å². The molecule has 2 N–H and O–H groups in total. The van der Waals surface area contributed by atoms with Crippen LogP contribution in [0.25, 0.3) is 22.3 Å². The summed E-state index contributed by atoms with van der Waals surface area (Å²) in [4.78, 5) is 33.9. The number of nitrogens with zero attached hydrogens (tertiary/aromatic N) is 2. The van der Waals surface area contributed by atoms with Crippen LogP contribution in [0.5, 0.6) is 0 Å². The Hall–Kier alpha value is -3.77. The Morgan fingerprint density at radius 3 is 2.59 bits per heavy atom. The summed E-state index contributed by atoms with van der Waals surface area (Å²) < 4.78 is 0. The number of aryl methyl sites for hydroxylation is 2. The van der Waals surface area contributed by atoms with Gasteiger partial charge < -0.3 is 10.4 Å². The lowest BCUT2D eigenvalue weighted by atomic mass is 9.87. The van der Waals surface area contributed by atoms with Gasteiger partial charge in [0.2, 0.25) is 0 Å². The molecule has 1 unspecified atom stereocenters. The molecule has 0 bridgehead atoms. The largest absolute Gasteiger partial charge is 0.481 e. The molecule has 0 fully saturated rings. The molecule has 1 aliphatic carbocycles. The quantitative estimate of drug-likeness (QED) is 0.260. The number of rotatable bonds is 8. The van der Waals surface area contributed by atoms with Crippen LogP contribution in [0.4, 0.5) is 0 Å². The van der Waals surface area contributed by atoms with Gasteiger partial charge in [-0.15, -0.1) is 0 Å². The summed E-state index contributed by atoms with van der Waals surface area (Å²) in [6.45, 7) is 0. The first kappa shape index (κ1) is 24.9. The first-order chi connectivity index (χ1) is 18.0. The summed E-state index contributed by atoms with van der Waals surface area (Å²) in [7, 11) is 0. The molecule has 7 heteroatoms. The number of benzene rings is 3. The number of carbonyl (C=O) groups excluding carboxylic acids is 1. The Morgan fingerprint density at radius 2 is 1.78 bits per heavy atom. The number of hydrogen-bond acceptors (Lipinski definition) is 4. The van der Waals surface area contributed by atoms with E-state index >= 15 is 0 Å². The van der Waals surface area contributed by atoms with Gasteiger partial charge in [-0.25, -0.2) is 9.97 Å². The smallest absolute Gasteiger partial charge is 0.303 e. The summed E-state index contributed by atoms with van der Waals surface area (Å²) in [5.41, 5.74) is 6.78. The monoisotopic (exact) mass is 513 g/mol. The average molecular weight is 514 g/mol. The van der Waals surface area contributed by atoms with Gasteiger partial charge in [0.15, 0.2) is 0 Å². The zero-order valence-electron chi connectivity index (χ0n) is 20.4. The number of unbranched alkanes of at least 4 members (excludes halogenated alkanes) is 1. The van der Waals surface area contributed by atoms with E-state index in [0.29, 0.717) is 40.9 Å². The summed E-state index contributed by atoms with van der Waals surface area (Å²) in [6.07, 6.45) is 4.94. The van der Waals surface area contributed by atoms with E-state index in [1.807, 2.05) is 42.5 Å². The molecule has 0 spiro atoms. The maximum absolute atomic E-state index is 13.2. The maximum atomic E-state index is 13.2. The minimum Gasteiger partial charge on any atom is -0.481 e. The first-order valence-electron chi connectivity index (χ1n) is 12.6. The summed E-state index contributed by atoms with van der Waals surface area (Å²) in [5, 5.41) is 12.8. The molecular weight excluding hydrogens is 486 g/mol. The second kappa shape index (κ2) is 11.1. The number of fused-ring (bicyclic) bond motifs is 2. The highest BCUT2D eigenvalue weighted by atomic mass is 35.5. The van der Waals surface area contributed by atoms with Crippen molar-refractivity contribution in [3.8, 4) is 11.3 Å². The van der Waals surface area contributed by atoms with E-state index < -0.39 is 5.97 Å². The van der Waals surface area contributed by atoms with Crippen molar-refractivity contribution in [1.29, 1.82) is 0 Å². The van der Waals surface area contributed by atoms with Crippen LogP contribution in [0.2, 0.25) is 5.02 Å². The number of carbonyl (C=O) groups is 2. The summed E-state index contributed by atoms with van der Waals surface area (Å²) >= 11 is 6.08. The molecule has 0 saturated carbocycles. The van der Waals surface area contributed by atoms with Gasteiger partial charge in [-0.05, 0) is 80.0 Å². The summed E-state index contributed by atoms with van der Waals surface area (Å²) in [5.74, 6) is -0.936. The number of amides is 1. The lowest BCUT2D eigenvalue weighted by Gasteiger charge is -2.26. The fourth-order valence-corrected chi connectivity index (χ4v) is 5.09. The highest BCUT2D eigenvalue weighted by Gasteiger charge is 2.22. The van der Waals surface area contributed by atoms with E-state index in [2.05, 4.69) is 17.4 Å². The molecule has 188 valence electrons. The van der Waals surface area contributed by atoms with Crippen molar-refractivity contribution < 1.29 is 14.7 Å². The molecule has 0 saturated heterocycles. The lowest BCUT2D eigenvalue weighted by molar-refractivity contribution is -0.137. The van der Waals surface area contributed by atoms with Gasteiger partial charge in [0.25, 0.3) is 5.91 Å². The molecule has 1 aromatic heterocycles. The van der Waals surface area contributed by atoms with Crippen molar-refractivity contribution >= 4 is 34.5 Å². The molecule has 37 heavy (non-hydrogen) atoms. The maximum Gasteiger partial charge on any atom is 0.303 e. The van der Waals surface area contributed by atoms with E-state index in [1.54, 1.807) is 12.1 Å². The second-order valence-corrected chi connectivity index (χ2v) is 9.88. The Morgan fingerprint density at radius 1 is 0.973 bits per heavy atom. The first-order valence-corrected chi connectivity index (χ1v) is 13.0. The molecule has 5 rings (SSSR count). The minimum absolute atomic E-state index is 0.00342. The number of aromatic nitrogens is 2. The van der Waals surface area contributed by atoms with E-state index in [1.165, 1.54) is 11.1 Å². The Balaban J connectivity index is 1.43. The molecule has 1 amide bonds. The molecule has 3 aromatic carbocycles. The standard InChI is InChI=1S/C30H28ClN3O3/c31-22-15-12-20(13-16-22)29-26(9-3-4-11-28(35)36)32-27-18-21(14-17-25(27)33-29)30(37)34-24-10-5-7-19-6-1-2-8-23(19)24/h1-2,6,8,12-18,24H,3-5,7,9-11H2,(H,34,37)(H,35,36). The molecule has 6 nitrogen and oxygen atoms in total. The van der Waals surface area contributed by atoms with Crippen LogP contribution in [0, 0.1) is 0 Å². The van der Waals surface area contributed by atoms with Crippen LogP contribution in [0.1, 0.15) is 65.3 Å². The molecule has 4 aromatic rings. The highest BCUT2D eigenvalue weighted by Crippen LogP contribution is 2.30. The fourth-order valence-electron chi connectivity index (χ4n) is 4.96. The SMILES string of the molecule is O=C(O)CCCCc1nc2cc(C(=O)NC3CCCc4ccccc43)ccc2nc1-c1ccc(Cl)cc1. The second-order valence-electron chi connectivity index (χ2n) is 9.45. The third-order valence-corrected chi connectivity index (χ3v) is 7.10. The number of carboxylic acid groups (broad SMARTS) is 1. The predicted octanol–water partition coefficient (Wildman–Crippen LogP) is 6.56. The van der Waals surface area contributed by atoms with E-state index in [0.717, 1.165) is 36.2 Å². The van der Waals surface area contributed by atoms with Gasteiger partial charge >= 0.3 is 5.97 Å². The van der Waals surface area contributed by atoms with Crippen LogP contribution in [0.15, 0.2) is 66.7 Å². The van der Waals surface area contributed by atoms with Crippen LogP contribution < -0.4 is 5.32 Å². The third-order valence-electron chi connectivity index (χ3n) is 6.85. The number of hydrogen-bond donors (Lipinski definition) is 2. The normalized spacial score (nSPS) is 14.8. The molecule has 1 atom stereocenters. The van der Waals surface area contributed by atoms with Crippen LogP contribution in [-0.2, 0) is 17.6 Å².